The van der Waals surface area contributed by atoms with Crippen molar-refractivity contribution in [3.8, 4) is 0 Å². The summed E-state index contributed by atoms with van der Waals surface area (Å²) in [6, 6.07) is 0. The molecule has 0 N–H and O–H groups in total. The third-order valence-corrected chi connectivity index (χ3v) is 4.50. The number of amides is 2. The lowest BCUT2D eigenvalue weighted by atomic mass is 9.88. The van der Waals surface area contributed by atoms with Crippen LogP contribution in [0, 0.1) is 5.92 Å². The Labute approximate surface area is 121 Å². The molecule has 1 saturated heterocycles. The van der Waals surface area contributed by atoms with Crippen LogP contribution in [0.1, 0.15) is 32.1 Å². The molecule has 5 heteroatoms. The van der Waals surface area contributed by atoms with E-state index in [2.05, 4.69) is 4.90 Å². The summed E-state index contributed by atoms with van der Waals surface area (Å²) in [5, 5.41) is 0. The smallest absolute Gasteiger partial charge is 0.236 e. The third-order valence-electron chi connectivity index (χ3n) is 4.50. The van der Waals surface area contributed by atoms with Crippen LogP contribution in [0.2, 0.25) is 0 Å². The number of hydrogen-bond acceptors (Lipinski definition) is 3. The molecule has 5 nitrogen and oxygen atoms in total. The van der Waals surface area contributed by atoms with Gasteiger partial charge in [-0.25, -0.2) is 0 Å². The van der Waals surface area contributed by atoms with Crippen molar-refractivity contribution in [1.82, 2.24) is 14.7 Å². The first kappa shape index (κ1) is 15.3. The fourth-order valence-electron chi connectivity index (χ4n) is 3.07. The number of nitrogens with zero attached hydrogens (tertiary/aromatic N) is 3. The van der Waals surface area contributed by atoms with Gasteiger partial charge in [0.1, 0.15) is 0 Å². The zero-order valence-electron chi connectivity index (χ0n) is 12.8. The zero-order chi connectivity index (χ0) is 14.5. The van der Waals surface area contributed by atoms with Gasteiger partial charge in [-0.05, 0) is 12.8 Å². The Balaban J connectivity index is 1.76. The second-order valence-corrected chi connectivity index (χ2v) is 6.22. The van der Waals surface area contributed by atoms with E-state index in [9.17, 15) is 9.59 Å². The maximum Gasteiger partial charge on any atom is 0.236 e. The highest BCUT2D eigenvalue weighted by Crippen LogP contribution is 2.25. The van der Waals surface area contributed by atoms with E-state index in [0.29, 0.717) is 12.5 Å². The Bertz CT molecular complexity index is 343. The fraction of sp³-hybridized carbons (Fsp3) is 0.867. The molecule has 0 spiro atoms. The van der Waals surface area contributed by atoms with E-state index in [1.54, 1.807) is 19.0 Å². The first-order valence-corrected chi connectivity index (χ1v) is 7.79. The molecule has 0 aromatic carbocycles. The van der Waals surface area contributed by atoms with Gasteiger partial charge in [0, 0.05) is 46.2 Å². The van der Waals surface area contributed by atoms with E-state index in [1.807, 2.05) is 4.90 Å². The van der Waals surface area contributed by atoms with Crippen LogP contribution in [0.15, 0.2) is 0 Å². The van der Waals surface area contributed by atoms with Crippen LogP contribution < -0.4 is 0 Å². The Morgan fingerprint density at radius 2 is 1.60 bits per heavy atom. The van der Waals surface area contributed by atoms with E-state index in [1.165, 1.54) is 19.3 Å². The third kappa shape index (κ3) is 3.95. The van der Waals surface area contributed by atoms with Crippen LogP contribution >= 0.6 is 0 Å². The number of hydrogen-bond donors (Lipinski definition) is 0. The van der Waals surface area contributed by atoms with Crippen molar-refractivity contribution in [2.45, 2.75) is 32.1 Å². The van der Waals surface area contributed by atoms with Gasteiger partial charge in [-0.3, -0.25) is 14.5 Å². The van der Waals surface area contributed by atoms with Crippen molar-refractivity contribution in [3.05, 3.63) is 0 Å². The Morgan fingerprint density at radius 3 is 2.15 bits per heavy atom. The zero-order valence-corrected chi connectivity index (χ0v) is 12.8. The predicted octanol–water partition coefficient (Wildman–Crippen LogP) is 0.799. The molecular weight excluding hydrogens is 254 g/mol. The van der Waals surface area contributed by atoms with Gasteiger partial charge in [-0.1, -0.05) is 19.3 Å². The van der Waals surface area contributed by atoms with Gasteiger partial charge in [0.2, 0.25) is 11.8 Å². The summed E-state index contributed by atoms with van der Waals surface area (Å²) in [7, 11) is 3.57. The largest absolute Gasteiger partial charge is 0.348 e. The van der Waals surface area contributed by atoms with Crippen LogP contribution in [0.25, 0.3) is 0 Å². The average Bonchev–Trinajstić information content (AvgIpc) is 2.48. The molecule has 20 heavy (non-hydrogen) atoms. The Kier molecular flexibility index (Phi) is 5.40. The normalized spacial score (nSPS) is 21.8. The van der Waals surface area contributed by atoms with E-state index in [4.69, 9.17) is 0 Å². The first-order valence-electron chi connectivity index (χ1n) is 7.79. The number of carbonyl (C=O) groups excluding carboxylic acids is 2. The van der Waals surface area contributed by atoms with Crippen molar-refractivity contribution < 1.29 is 9.59 Å². The molecule has 1 heterocycles. The number of carbonyl (C=O) groups is 2. The van der Waals surface area contributed by atoms with Crippen LogP contribution in [0.5, 0.6) is 0 Å². The van der Waals surface area contributed by atoms with Crippen molar-refractivity contribution in [1.29, 1.82) is 0 Å². The molecule has 2 rings (SSSR count). The molecule has 2 amide bonds. The minimum absolute atomic E-state index is 0.136. The highest BCUT2D eigenvalue weighted by atomic mass is 16.2. The van der Waals surface area contributed by atoms with Crippen LogP contribution in [0.4, 0.5) is 0 Å². The number of piperazine rings is 1. The highest BCUT2D eigenvalue weighted by Gasteiger charge is 2.28. The number of likely N-dealkylation sites (N-methyl/N-ethyl adjacent to an activating group) is 1. The summed E-state index contributed by atoms with van der Waals surface area (Å²) < 4.78 is 0. The minimum Gasteiger partial charge on any atom is -0.348 e. The Morgan fingerprint density at radius 1 is 1.00 bits per heavy atom. The molecule has 0 radical (unpaired) electrons. The maximum atomic E-state index is 12.4. The molecule has 1 aliphatic heterocycles. The maximum absolute atomic E-state index is 12.4. The summed E-state index contributed by atoms with van der Waals surface area (Å²) in [5.74, 6) is 0.749. The van der Waals surface area contributed by atoms with E-state index < -0.39 is 0 Å². The van der Waals surface area contributed by atoms with Gasteiger partial charge in [0.25, 0.3) is 0 Å². The second kappa shape index (κ2) is 7.07. The minimum atomic E-state index is 0.136. The predicted molar refractivity (Wildman–Crippen MR) is 78.3 cm³/mol. The molecule has 0 aromatic rings. The Hall–Kier alpha value is -1.10. The average molecular weight is 281 g/mol. The molecule has 0 unspecified atom stereocenters. The highest BCUT2D eigenvalue weighted by molar-refractivity contribution is 5.79. The van der Waals surface area contributed by atoms with Crippen molar-refractivity contribution >= 4 is 11.8 Å². The molecule has 0 aromatic heterocycles. The monoisotopic (exact) mass is 281 g/mol. The number of rotatable bonds is 3. The van der Waals surface area contributed by atoms with Gasteiger partial charge in [-0.15, -0.1) is 0 Å². The van der Waals surface area contributed by atoms with E-state index >= 15 is 0 Å². The van der Waals surface area contributed by atoms with Crippen LogP contribution in [0.3, 0.4) is 0 Å². The van der Waals surface area contributed by atoms with Gasteiger partial charge in [0.15, 0.2) is 0 Å². The fourth-order valence-corrected chi connectivity index (χ4v) is 3.07. The molecule has 1 saturated carbocycles. The molecule has 1 aliphatic carbocycles. The molecule has 2 fully saturated rings. The molecule has 0 atom stereocenters. The van der Waals surface area contributed by atoms with Gasteiger partial charge < -0.3 is 9.80 Å². The quantitative estimate of drug-likeness (QED) is 0.768. The summed E-state index contributed by atoms with van der Waals surface area (Å²) in [6.45, 7) is 3.65. The van der Waals surface area contributed by atoms with Gasteiger partial charge >= 0.3 is 0 Å². The lowest BCUT2D eigenvalue weighted by molar-refractivity contribution is -0.138. The van der Waals surface area contributed by atoms with Crippen LogP contribution in [-0.4, -0.2) is 73.3 Å². The molecule has 114 valence electrons. The molecule has 2 aliphatic rings. The summed E-state index contributed by atoms with van der Waals surface area (Å²) in [4.78, 5) is 29.9. The second-order valence-electron chi connectivity index (χ2n) is 6.22. The lowest BCUT2D eigenvalue weighted by Crippen LogP contribution is -2.52. The standard InChI is InChI=1S/C15H27N3O2/c1-16(2)14(19)12-17-8-10-18(11-9-17)15(20)13-6-4-3-5-7-13/h13H,3-12H2,1-2H3. The first-order chi connectivity index (χ1) is 9.58. The van der Waals surface area contributed by atoms with Crippen molar-refractivity contribution in [3.63, 3.8) is 0 Å². The van der Waals surface area contributed by atoms with Crippen molar-refractivity contribution in [2.75, 3.05) is 46.8 Å². The summed E-state index contributed by atoms with van der Waals surface area (Å²) >= 11 is 0. The van der Waals surface area contributed by atoms with E-state index in [-0.39, 0.29) is 11.8 Å². The topological polar surface area (TPSA) is 43.9 Å². The van der Waals surface area contributed by atoms with E-state index in [0.717, 1.165) is 39.0 Å². The summed E-state index contributed by atoms with van der Waals surface area (Å²) in [6.07, 6.45) is 5.82. The molecular formula is C15H27N3O2. The molecule has 0 bridgehead atoms. The van der Waals surface area contributed by atoms with Crippen LogP contribution in [-0.2, 0) is 9.59 Å². The lowest BCUT2D eigenvalue weighted by Gasteiger charge is -2.37. The van der Waals surface area contributed by atoms with Crippen molar-refractivity contribution in [2.24, 2.45) is 5.92 Å². The van der Waals surface area contributed by atoms with Gasteiger partial charge in [-0.2, -0.15) is 0 Å². The van der Waals surface area contributed by atoms with Gasteiger partial charge in [0.05, 0.1) is 6.54 Å². The summed E-state index contributed by atoms with van der Waals surface area (Å²) in [5.41, 5.74) is 0. The SMILES string of the molecule is CN(C)C(=O)CN1CCN(C(=O)C2CCCCC2)CC1.